The SMILES string of the molecule is C=C(C)C(=O)OCCc1cc(C)ccc1-c1ccc(-c2ccc(CO)cc2)c(CC)c1. The summed E-state index contributed by atoms with van der Waals surface area (Å²) in [7, 11) is 0. The quantitative estimate of drug-likeness (QED) is 0.361. The Bertz CT molecular complexity index is 1080. The third kappa shape index (κ3) is 5.50. The summed E-state index contributed by atoms with van der Waals surface area (Å²) in [6, 6.07) is 21.1. The lowest BCUT2D eigenvalue weighted by Crippen LogP contribution is -2.08. The number of carbonyl (C=O) groups is 1. The molecule has 0 aromatic heterocycles. The Morgan fingerprint density at radius 1 is 0.935 bits per heavy atom. The third-order valence-electron chi connectivity index (χ3n) is 5.46. The lowest BCUT2D eigenvalue weighted by atomic mass is 9.90. The van der Waals surface area contributed by atoms with Crippen LogP contribution in [0, 0.1) is 6.92 Å². The summed E-state index contributed by atoms with van der Waals surface area (Å²) in [6.45, 7) is 9.92. The van der Waals surface area contributed by atoms with Gasteiger partial charge in [0.2, 0.25) is 0 Å². The van der Waals surface area contributed by atoms with E-state index < -0.39 is 0 Å². The second-order valence-corrected chi connectivity index (χ2v) is 7.91. The minimum absolute atomic E-state index is 0.0533. The van der Waals surface area contributed by atoms with Gasteiger partial charge in [-0.1, -0.05) is 79.7 Å². The third-order valence-corrected chi connectivity index (χ3v) is 5.46. The van der Waals surface area contributed by atoms with Crippen LogP contribution in [0.5, 0.6) is 0 Å². The minimum atomic E-state index is -0.348. The molecule has 1 N–H and O–H groups in total. The van der Waals surface area contributed by atoms with Crippen molar-refractivity contribution >= 4 is 5.97 Å². The van der Waals surface area contributed by atoms with Gasteiger partial charge in [0, 0.05) is 12.0 Å². The van der Waals surface area contributed by atoms with E-state index >= 15 is 0 Å². The molecule has 0 aliphatic rings. The highest BCUT2D eigenvalue weighted by atomic mass is 16.5. The average Bonchev–Trinajstić information content (AvgIpc) is 2.78. The van der Waals surface area contributed by atoms with Crippen molar-refractivity contribution in [2.45, 2.75) is 40.2 Å². The average molecular weight is 415 g/mol. The van der Waals surface area contributed by atoms with Gasteiger partial charge in [-0.25, -0.2) is 4.79 Å². The Hall–Kier alpha value is -3.17. The van der Waals surface area contributed by atoms with E-state index in [1.165, 1.54) is 16.7 Å². The summed E-state index contributed by atoms with van der Waals surface area (Å²) in [5.41, 5.74) is 9.63. The molecule has 0 bridgehead atoms. The molecular weight excluding hydrogens is 384 g/mol. The molecule has 0 unspecified atom stereocenters. The summed E-state index contributed by atoms with van der Waals surface area (Å²) in [5, 5.41) is 9.29. The van der Waals surface area contributed by atoms with Crippen molar-refractivity contribution in [3.05, 3.63) is 95.1 Å². The van der Waals surface area contributed by atoms with Crippen LogP contribution in [0.3, 0.4) is 0 Å². The van der Waals surface area contributed by atoms with Crippen LogP contribution in [0.1, 0.15) is 36.1 Å². The molecule has 0 radical (unpaired) electrons. The van der Waals surface area contributed by atoms with Crippen molar-refractivity contribution in [2.24, 2.45) is 0 Å². The maximum atomic E-state index is 11.7. The largest absolute Gasteiger partial charge is 0.462 e. The number of benzene rings is 3. The summed E-state index contributed by atoms with van der Waals surface area (Å²) in [4.78, 5) is 11.7. The van der Waals surface area contributed by atoms with E-state index in [1.54, 1.807) is 6.92 Å². The Labute approximate surface area is 185 Å². The second kappa shape index (κ2) is 10.2. The predicted octanol–water partition coefficient (Wildman–Crippen LogP) is 6.05. The molecule has 3 rings (SSSR count). The minimum Gasteiger partial charge on any atom is -0.462 e. The summed E-state index contributed by atoms with van der Waals surface area (Å²) >= 11 is 0. The van der Waals surface area contributed by atoms with Crippen LogP contribution in [-0.4, -0.2) is 17.7 Å². The maximum Gasteiger partial charge on any atom is 0.333 e. The monoisotopic (exact) mass is 414 g/mol. The smallest absolute Gasteiger partial charge is 0.333 e. The molecule has 3 nitrogen and oxygen atoms in total. The summed E-state index contributed by atoms with van der Waals surface area (Å²) in [6.07, 6.45) is 1.57. The summed E-state index contributed by atoms with van der Waals surface area (Å²) in [5.74, 6) is -0.348. The number of aliphatic hydroxyl groups is 1. The molecule has 0 atom stereocenters. The Balaban J connectivity index is 1.91. The Kier molecular flexibility index (Phi) is 7.43. The lowest BCUT2D eigenvalue weighted by molar-refractivity contribution is -0.138. The van der Waals surface area contributed by atoms with Gasteiger partial charge in [-0.2, -0.15) is 0 Å². The van der Waals surface area contributed by atoms with Crippen LogP contribution in [-0.2, 0) is 29.0 Å². The van der Waals surface area contributed by atoms with Crippen LogP contribution >= 0.6 is 0 Å². The molecule has 0 heterocycles. The molecule has 0 saturated heterocycles. The number of ether oxygens (including phenoxy) is 1. The number of hydrogen-bond acceptors (Lipinski definition) is 3. The van der Waals surface area contributed by atoms with Crippen LogP contribution < -0.4 is 0 Å². The standard InChI is InChI=1S/C28H30O3/c1-5-22-17-24(11-13-26(22)23-9-7-21(18-29)8-10-23)27-12-6-20(4)16-25(27)14-15-31-28(30)19(2)3/h6-13,16-17,29H,2,5,14-15,18H2,1,3-4H3. The van der Waals surface area contributed by atoms with Gasteiger partial charge < -0.3 is 9.84 Å². The molecular formula is C28H30O3. The number of aliphatic hydroxyl groups excluding tert-OH is 1. The molecule has 0 aliphatic heterocycles. The molecule has 0 amide bonds. The Morgan fingerprint density at radius 2 is 1.58 bits per heavy atom. The fourth-order valence-electron chi connectivity index (χ4n) is 3.71. The topological polar surface area (TPSA) is 46.5 Å². The van der Waals surface area contributed by atoms with Crippen molar-refractivity contribution in [1.82, 2.24) is 0 Å². The highest BCUT2D eigenvalue weighted by molar-refractivity contribution is 5.87. The zero-order valence-electron chi connectivity index (χ0n) is 18.6. The van der Waals surface area contributed by atoms with E-state index in [-0.39, 0.29) is 12.6 Å². The zero-order valence-corrected chi connectivity index (χ0v) is 18.6. The molecule has 0 fully saturated rings. The number of rotatable bonds is 8. The molecule has 160 valence electrons. The number of carbonyl (C=O) groups excluding carboxylic acids is 1. The molecule has 0 spiro atoms. The number of esters is 1. The Morgan fingerprint density at radius 3 is 2.23 bits per heavy atom. The van der Waals surface area contributed by atoms with E-state index in [0.717, 1.165) is 34.2 Å². The van der Waals surface area contributed by atoms with Crippen molar-refractivity contribution in [3.8, 4) is 22.3 Å². The maximum absolute atomic E-state index is 11.7. The fraction of sp³-hybridized carbons (Fsp3) is 0.250. The number of aryl methyl sites for hydroxylation is 2. The molecule has 3 aromatic carbocycles. The van der Waals surface area contributed by atoms with Crippen molar-refractivity contribution in [3.63, 3.8) is 0 Å². The van der Waals surface area contributed by atoms with Crippen molar-refractivity contribution in [2.75, 3.05) is 6.61 Å². The molecule has 0 aliphatic carbocycles. The van der Waals surface area contributed by atoms with Crippen LogP contribution in [0.25, 0.3) is 22.3 Å². The highest BCUT2D eigenvalue weighted by Crippen LogP contribution is 2.32. The van der Waals surface area contributed by atoms with Crippen LogP contribution in [0.2, 0.25) is 0 Å². The van der Waals surface area contributed by atoms with Crippen molar-refractivity contribution in [1.29, 1.82) is 0 Å². The van der Waals surface area contributed by atoms with Gasteiger partial charge in [0.05, 0.1) is 13.2 Å². The first kappa shape index (κ1) is 22.5. The molecule has 0 saturated carbocycles. The zero-order chi connectivity index (χ0) is 22.4. The summed E-state index contributed by atoms with van der Waals surface area (Å²) < 4.78 is 5.32. The van der Waals surface area contributed by atoms with E-state index in [1.807, 2.05) is 12.1 Å². The number of hydrogen-bond donors (Lipinski definition) is 1. The van der Waals surface area contributed by atoms with E-state index in [0.29, 0.717) is 18.6 Å². The van der Waals surface area contributed by atoms with E-state index in [9.17, 15) is 9.90 Å². The van der Waals surface area contributed by atoms with Gasteiger partial charge in [-0.05, 0) is 59.2 Å². The first-order valence-electron chi connectivity index (χ1n) is 10.7. The predicted molar refractivity (Wildman–Crippen MR) is 127 cm³/mol. The normalized spacial score (nSPS) is 10.7. The van der Waals surface area contributed by atoms with Gasteiger partial charge in [0.25, 0.3) is 0 Å². The molecule has 3 heteroatoms. The first-order valence-corrected chi connectivity index (χ1v) is 10.7. The van der Waals surface area contributed by atoms with E-state index in [2.05, 4.69) is 69.0 Å². The van der Waals surface area contributed by atoms with Gasteiger partial charge in [0.1, 0.15) is 0 Å². The van der Waals surface area contributed by atoms with Gasteiger partial charge >= 0.3 is 5.97 Å². The molecule has 3 aromatic rings. The van der Waals surface area contributed by atoms with Crippen molar-refractivity contribution < 1.29 is 14.6 Å². The molecule has 31 heavy (non-hydrogen) atoms. The highest BCUT2D eigenvalue weighted by Gasteiger charge is 2.11. The fourth-order valence-corrected chi connectivity index (χ4v) is 3.71. The van der Waals surface area contributed by atoms with E-state index in [4.69, 9.17) is 4.74 Å². The van der Waals surface area contributed by atoms with Gasteiger partial charge in [0.15, 0.2) is 0 Å². The first-order chi connectivity index (χ1) is 14.9. The second-order valence-electron chi connectivity index (χ2n) is 7.91. The van der Waals surface area contributed by atoms with Crippen LogP contribution in [0.15, 0.2) is 72.8 Å². The lowest BCUT2D eigenvalue weighted by Gasteiger charge is -2.15. The van der Waals surface area contributed by atoms with Gasteiger partial charge in [-0.15, -0.1) is 0 Å². The van der Waals surface area contributed by atoms with Gasteiger partial charge in [-0.3, -0.25) is 0 Å². The van der Waals surface area contributed by atoms with Crippen LogP contribution in [0.4, 0.5) is 0 Å².